The van der Waals surface area contributed by atoms with Crippen molar-refractivity contribution < 1.29 is 4.79 Å². The first-order chi connectivity index (χ1) is 5.36. The molecule has 2 nitrogen and oxygen atoms in total. The van der Waals surface area contributed by atoms with Crippen molar-refractivity contribution in [3.63, 3.8) is 0 Å². The molecule has 2 rings (SSSR count). The molecule has 2 heteroatoms. The minimum absolute atomic E-state index is 0.266. The van der Waals surface area contributed by atoms with Crippen LogP contribution in [0.5, 0.6) is 0 Å². The van der Waals surface area contributed by atoms with E-state index < -0.39 is 0 Å². The average Bonchev–Trinajstić information content (AvgIpc) is 2.55. The van der Waals surface area contributed by atoms with Gasteiger partial charge in [0.25, 0.3) is 0 Å². The van der Waals surface area contributed by atoms with Crippen LogP contribution in [0.1, 0.15) is 32.1 Å². The molecule has 2 aliphatic rings. The Morgan fingerprint density at radius 2 is 1.91 bits per heavy atom. The van der Waals surface area contributed by atoms with Gasteiger partial charge in [0.2, 0.25) is 5.91 Å². The zero-order valence-corrected chi connectivity index (χ0v) is 6.81. The van der Waals surface area contributed by atoms with Gasteiger partial charge in [0.05, 0.1) is 0 Å². The second-order valence-corrected chi connectivity index (χ2v) is 3.81. The van der Waals surface area contributed by atoms with Crippen LogP contribution in [0.3, 0.4) is 0 Å². The summed E-state index contributed by atoms with van der Waals surface area (Å²) in [7, 11) is 0. The smallest absolute Gasteiger partial charge is 0.220 e. The van der Waals surface area contributed by atoms with Crippen molar-refractivity contribution in [2.75, 3.05) is 6.54 Å². The van der Waals surface area contributed by atoms with Crippen LogP contribution in [0.25, 0.3) is 0 Å². The predicted molar refractivity (Wildman–Crippen MR) is 43.1 cm³/mol. The molecule has 1 aliphatic carbocycles. The summed E-state index contributed by atoms with van der Waals surface area (Å²) in [6.45, 7) is 0.948. The summed E-state index contributed by atoms with van der Waals surface area (Å²) < 4.78 is 0. The van der Waals surface area contributed by atoms with Crippen molar-refractivity contribution in [1.29, 1.82) is 0 Å². The van der Waals surface area contributed by atoms with Crippen molar-refractivity contribution in [2.45, 2.75) is 32.1 Å². The summed E-state index contributed by atoms with van der Waals surface area (Å²) in [4.78, 5) is 10.9. The highest BCUT2D eigenvalue weighted by Crippen LogP contribution is 2.34. The van der Waals surface area contributed by atoms with E-state index in [2.05, 4.69) is 5.32 Å². The van der Waals surface area contributed by atoms with Crippen molar-refractivity contribution in [1.82, 2.24) is 5.32 Å². The first-order valence-electron chi connectivity index (χ1n) is 4.63. The van der Waals surface area contributed by atoms with Crippen molar-refractivity contribution in [3.8, 4) is 0 Å². The van der Waals surface area contributed by atoms with Gasteiger partial charge >= 0.3 is 0 Å². The predicted octanol–water partition coefficient (Wildman–Crippen LogP) is 1.31. The Kier molecular flexibility index (Phi) is 1.84. The molecular weight excluding hydrogens is 138 g/mol. The monoisotopic (exact) mass is 153 g/mol. The van der Waals surface area contributed by atoms with E-state index in [0.717, 1.165) is 18.9 Å². The molecule has 1 N–H and O–H groups in total. The fraction of sp³-hybridized carbons (Fsp3) is 0.889. The second-order valence-electron chi connectivity index (χ2n) is 3.81. The summed E-state index contributed by atoms with van der Waals surface area (Å²) in [6, 6.07) is 0. The SMILES string of the molecule is O=C1C[C@@H](C2CCCC2)CN1. The highest BCUT2D eigenvalue weighted by Gasteiger charge is 2.30. The summed E-state index contributed by atoms with van der Waals surface area (Å²) in [5, 5.41) is 2.91. The standard InChI is InChI=1S/C9H15NO/c11-9-5-8(6-10-9)7-3-1-2-4-7/h7-8H,1-6H2,(H,10,11)/t8-/m1/s1. The quantitative estimate of drug-likeness (QED) is 0.604. The van der Waals surface area contributed by atoms with Gasteiger partial charge in [0.1, 0.15) is 0 Å². The largest absolute Gasteiger partial charge is 0.356 e. The lowest BCUT2D eigenvalue weighted by atomic mass is 9.90. The summed E-state index contributed by atoms with van der Waals surface area (Å²) in [6.07, 6.45) is 6.29. The minimum atomic E-state index is 0.266. The summed E-state index contributed by atoms with van der Waals surface area (Å²) >= 11 is 0. The van der Waals surface area contributed by atoms with E-state index in [1.807, 2.05) is 0 Å². The van der Waals surface area contributed by atoms with Crippen LogP contribution >= 0.6 is 0 Å². The molecule has 11 heavy (non-hydrogen) atoms. The maximum atomic E-state index is 10.9. The van der Waals surface area contributed by atoms with Gasteiger partial charge in [-0.3, -0.25) is 4.79 Å². The summed E-state index contributed by atoms with van der Waals surface area (Å²) in [5.74, 6) is 1.79. The molecule has 0 aromatic heterocycles. The molecule has 2 fully saturated rings. The lowest BCUT2D eigenvalue weighted by molar-refractivity contribution is -0.119. The number of hydrogen-bond acceptors (Lipinski definition) is 1. The molecule has 1 aliphatic heterocycles. The highest BCUT2D eigenvalue weighted by molar-refractivity contribution is 5.78. The van der Waals surface area contributed by atoms with Gasteiger partial charge in [-0.1, -0.05) is 25.7 Å². The van der Waals surface area contributed by atoms with Crippen LogP contribution in [0, 0.1) is 11.8 Å². The van der Waals surface area contributed by atoms with Gasteiger partial charge < -0.3 is 5.32 Å². The average molecular weight is 153 g/mol. The number of amides is 1. The maximum Gasteiger partial charge on any atom is 0.220 e. The third-order valence-corrected chi connectivity index (χ3v) is 3.08. The molecule has 0 spiro atoms. The molecule has 1 saturated heterocycles. The third kappa shape index (κ3) is 1.39. The molecule has 1 amide bonds. The molecule has 0 radical (unpaired) electrons. The summed E-state index contributed by atoms with van der Waals surface area (Å²) in [5.41, 5.74) is 0. The Morgan fingerprint density at radius 1 is 1.18 bits per heavy atom. The number of nitrogens with one attached hydrogen (secondary N) is 1. The van der Waals surface area contributed by atoms with Crippen LogP contribution in [0.4, 0.5) is 0 Å². The normalized spacial score (nSPS) is 32.7. The Hall–Kier alpha value is -0.530. The molecule has 1 saturated carbocycles. The van der Waals surface area contributed by atoms with E-state index in [4.69, 9.17) is 0 Å². The van der Waals surface area contributed by atoms with E-state index in [9.17, 15) is 4.79 Å². The number of carbonyl (C=O) groups is 1. The molecule has 0 unspecified atom stereocenters. The first-order valence-corrected chi connectivity index (χ1v) is 4.63. The van der Waals surface area contributed by atoms with Crippen LogP contribution in [-0.2, 0) is 4.79 Å². The fourth-order valence-electron chi connectivity index (χ4n) is 2.39. The van der Waals surface area contributed by atoms with Crippen LogP contribution in [0.2, 0.25) is 0 Å². The molecule has 0 bridgehead atoms. The van der Waals surface area contributed by atoms with Crippen molar-refractivity contribution in [3.05, 3.63) is 0 Å². The lowest BCUT2D eigenvalue weighted by Crippen LogP contribution is -2.16. The van der Waals surface area contributed by atoms with Gasteiger partial charge in [-0.25, -0.2) is 0 Å². The Balaban J connectivity index is 1.90. The number of carbonyl (C=O) groups excluding carboxylic acids is 1. The Labute approximate surface area is 67.4 Å². The molecular formula is C9H15NO. The maximum absolute atomic E-state index is 10.9. The van der Waals surface area contributed by atoms with E-state index >= 15 is 0 Å². The number of hydrogen-bond donors (Lipinski definition) is 1. The van der Waals surface area contributed by atoms with Crippen LogP contribution in [0.15, 0.2) is 0 Å². The second kappa shape index (κ2) is 2.84. The Bertz CT molecular complexity index is 161. The van der Waals surface area contributed by atoms with Gasteiger partial charge in [-0.15, -0.1) is 0 Å². The Morgan fingerprint density at radius 3 is 2.45 bits per heavy atom. The zero-order valence-electron chi connectivity index (χ0n) is 6.81. The van der Waals surface area contributed by atoms with E-state index in [1.165, 1.54) is 25.7 Å². The van der Waals surface area contributed by atoms with Gasteiger partial charge in [0, 0.05) is 13.0 Å². The van der Waals surface area contributed by atoms with Crippen LogP contribution < -0.4 is 5.32 Å². The van der Waals surface area contributed by atoms with Gasteiger partial charge in [-0.05, 0) is 11.8 Å². The first kappa shape index (κ1) is 7.14. The minimum Gasteiger partial charge on any atom is -0.356 e. The molecule has 1 atom stereocenters. The molecule has 1 heterocycles. The number of rotatable bonds is 1. The van der Waals surface area contributed by atoms with Crippen molar-refractivity contribution >= 4 is 5.91 Å². The molecule has 62 valence electrons. The van der Waals surface area contributed by atoms with Gasteiger partial charge in [-0.2, -0.15) is 0 Å². The van der Waals surface area contributed by atoms with Crippen LogP contribution in [-0.4, -0.2) is 12.5 Å². The van der Waals surface area contributed by atoms with E-state index in [-0.39, 0.29) is 5.91 Å². The lowest BCUT2D eigenvalue weighted by Gasteiger charge is -2.14. The van der Waals surface area contributed by atoms with E-state index in [0.29, 0.717) is 5.92 Å². The third-order valence-electron chi connectivity index (χ3n) is 3.08. The molecule has 0 aromatic carbocycles. The molecule has 0 aromatic rings. The topological polar surface area (TPSA) is 29.1 Å². The fourth-order valence-corrected chi connectivity index (χ4v) is 2.39. The van der Waals surface area contributed by atoms with Crippen molar-refractivity contribution in [2.24, 2.45) is 11.8 Å². The van der Waals surface area contributed by atoms with E-state index in [1.54, 1.807) is 0 Å². The zero-order chi connectivity index (χ0) is 7.68. The van der Waals surface area contributed by atoms with Gasteiger partial charge in [0.15, 0.2) is 0 Å². The highest BCUT2D eigenvalue weighted by atomic mass is 16.1.